The quantitative estimate of drug-likeness (QED) is 0.847. The van der Waals surface area contributed by atoms with E-state index in [0.717, 1.165) is 23.8 Å². The SMILES string of the molecule is Cc1cc(C)nc(N2C(C)CCCC2CN)n1. The highest BCUT2D eigenvalue weighted by molar-refractivity contribution is 5.36. The molecule has 1 saturated heterocycles. The molecule has 0 radical (unpaired) electrons. The fraction of sp³-hybridized carbons (Fsp3) is 0.692. The third-order valence-electron chi connectivity index (χ3n) is 3.50. The Hall–Kier alpha value is -1.16. The van der Waals surface area contributed by atoms with Gasteiger partial charge >= 0.3 is 0 Å². The van der Waals surface area contributed by atoms with E-state index in [1.54, 1.807) is 0 Å². The molecule has 0 amide bonds. The van der Waals surface area contributed by atoms with E-state index < -0.39 is 0 Å². The highest BCUT2D eigenvalue weighted by Gasteiger charge is 2.29. The Balaban J connectivity index is 2.34. The summed E-state index contributed by atoms with van der Waals surface area (Å²) in [6.07, 6.45) is 3.61. The van der Waals surface area contributed by atoms with Crippen molar-refractivity contribution in [2.45, 2.75) is 52.1 Å². The standard InChI is InChI=1S/C13H22N4/c1-9-7-10(2)16-13(15-9)17-11(3)5-4-6-12(17)8-14/h7,11-12H,4-6,8,14H2,1-3H3. The van der Waals surface area contributed by atoms with Crippen LogP contribution in [0.25, 0.3) is 0 Å². The van der Waals surface area contributed by atoms with E-state index in [4.69, 9.17) is 5.73 Å². The third kappa shape index (κ3) is 2.57. The van der Waals surface area contributed by atoms with Gasteiger partial charge in [-0.2, -0.15) is 0 Å². The molecule has 2 rings (SSSR count). The summed E-state index contributed by atoms with van der Waals surface area (Å²) in [5.41, 5.74) is 7.93. The molecular weight excluding hydrogens is 212 g/mol. The molecule has 1 aromatic rings. The maximum absolute atomic E-state index is 5.87. The van der Waals surface area contributed by atoms with Crippen molar-refractivity contribution < 1.29 is 0 Å². The van der Waals surface area contributed by atoms with Gasteiger partial charge in [-0.15, -0.1) is 0 Å². The summed E-state index contributed by atoms with van der Waals surface area (Å²) in [6, 6.07) is 2.88. The van der Waals surface area contributed by atoms with Gasteiger partial charge in [0.2, 0.25) is 5.95 Å². The molecule has 4 nitrogen and oxygen atoms in total. The van der Waals surface area contributed by atoms with E-state index >= 15 is 0 Å². The van der Waals surface area contributed by atoms with Gasteiger partial charge in [-0.25, -0.2) is 9.97 Å². The first-order valence-electron chi connectivity index (χ1n) is 6.42. The molecule has 0 aliphatic carbocycles. The van der Waals surface area contributed by atoms with Crippen LogP contribution in [-0.2, 0) is 0 Å². The first-order chi connectivity index (χ1) is 8.11. The van der Waals surface area contributed by atoms with Crippen LogP contribution in [0.1, 0.15) is 37.6 Å². The van der Waals surface area contributed by atoms with Crippen LogP contribution in [0.5, 0.6) is 0 Å². The molecule has 0 aromatic carbocycles. The second kappa shape index (κ2) is 5.00. The van der Waals surface area contributed by atoms with E-state index in [-0.39, 0.29) is 0 Å². The summed E-state index contributed by atoms with van der Waals surface area (Å²) in [5, 5.41) is 0. The maximum Gasteiger partial charge on any atom is 0.226 e. The zero-order chi connectivity index (χ0) is 12.4. The van der Waals surface area contributed by atoms with Gasteiger partial charge in [0.05, 0.1) is 0 Å². The number of hydrogen-bond donors (Lipinski definition) is 1. The first-order valence-corrected chi connectivity index (χ1v) is 6.42. The van der Waals surface area contributed by atoms with Crippen molar-refractivity contribution in [2.75, 3.05) is 11.4 Å². The molecule has 2 atom stereocenters. The molecule has 0 saturated carbocycles. The summed E-state index contributed by atoms with van der Waals surface area (Å²) >= 11 is 0. The zero-order valence-electron chi connectivity index (χ0n) is 11.0. The molecule has 2 heterocycles. The predicted molar refractivity (Wildman–Crippen MR) is 70.1 cm³/mol. The number of rotatable bonds is 2. The molecule has 1 aliphatic rings. The summed E-state index contributed by atoms with van der Waals surface area (Å²) in [4.78, 5) is 11.4. The molecule has 4 heteroatoms. The lowest BCUT2D eigenvalue weighted by Crippen LogP contribution is -2.49. The summed E-state index contributed by atoms with van der Waals surface area (Å²) in [7, 11) is 0. The Kier molecular flexibility index (Phi) is 3.62. The Morgan fingerprint density at radius 2 is 1.94 bits per heavy atom. The fourth-order valence-electron chi connectivity index (χ4n) is 2.70. The number of nitrogens with zero attached hydrogens (tertiary/aromatic N) is 3. The number of piperidine rings is 1. The lowest BCUT2D eigenvalue weighted by Gasteiger charge is -2.40. The monoisotopic (exact) mass is 234 g/mol. The fourth-order valence-corrected chi connectivity index (χ4v) is 2.70. The second-order valence-electron chi connectivity index (χ2n) is 5.03. The molecule has 0 spiro atoms. The Morgan fingerprint density at radius 3 is 2.53 bits per heavy atom. The second-order valence-corrected chi connectivity index (χ2v) is 5.03. The van der Waals surface area contributed by atoms with Crippen molar-refractivity contribution in [3.8, 4) is 0 Å². The van der Waals surface area contributed by atoms with Gasteiger partial charge in [0.1, 0.15) is 0 Å². The molecular formula is C13H22N4. The van der Waals surface area contributed by atoms with Gasteiger partial charge < -0.3 is 10.6 Å². The lowest BCUT2D eigenvalue weighted by molar-refractivity contribution is 0.394. The molecule has 0 bridgehead atoms. The van der Waals surface area contributed by atoms with E-state index in [0.29, 0.717) is 18.6 Å². The maximum atomic E-state index is 5.87. The van der Waals surface area contributed by atoms with Gasteiger partial charge in [-0.3, -0.25) is 0 Å². The number of nitrogens with two attached hydrogens (primary N) is 1. The zero-order valence-corrected chi connectivity index (χ0v) is 11.0. The Morgan fingerprint density at radius 1 is 1.29 bits per heavy atom. The van der Waals surface area contributed by atoms with Crippen LogP contribution in [0.3, 0.4) is 0 Å². The normalized spacial score (nSPS) is 25.1. The van der Waals surface area contributed by atoms with Crippen LogP contribution >= 0.6 is 0 Å². The van der Waals surface area contributed by atoms with Gasteiger partial charge in [0.25, 0.3) is 0 Å². The summed E-state index contributed by atoms with van der Waals surface area (Å²) in [5.74, 6) is 0.852. The minimum Gasteiger partial charge on any atom is -0.334 e. The number of anilines is 1. The van der Waals surface area contributed by atoms with Crippen LogP contribution in [0, 0.1) is 13.8 Å². The van der Waals surface area contributed by atoms with Crippen LogP contribution < -0.4 is 10.6 Å². The molecule has 2 N–H and O–H groups in total. The minimum absolute atomic E-state index is 0.389. The predicted octanol–water partition coefficient (Wildman–Crippen LogP) is 1.80. The summed E-state index contributed by atoms with van der Waals surface area (Å²) in [6.45, 7) is 6.96. The Labute approximate surface area is 103 Å². The van der Waals surface area contributed by atoms with Gasteiger partial charge in [-0.05, 0) is 46.1 Å². The number of hydrogen-bond acceptors (Lipinski definition) is 4. The molecule has 1 aromatic heterocycles. The molecule has 94 valence electrons. The third-order valence-corrected chi connectivity index (χ3v) is 3.50. The van der Waals surface area contributed by atoms with E-state index in [2.05, 4.69) is 21.8 Å². The van der Waals surface area contributed by atoms with E-state index in [1.807, 2.05) is 19.9 Å². The van der Waals surface area contributed by atoms with Crippen LogP contribution in [0.2, 0.25) is 0 Å². The summed E-state index contributed by atoms with van der Waals surface area (Å²) < 4.78 is 0. The lowest BCUT2D eigenvalue weighted by atomic mass is 9.97. The van der Waals surface area contributed by atoms with Crippen LogP contribution in [-0.4, -0.2) is 28.6 Å². The molecule has 1 aliphatic heterocycles. The molecule has 1 fully saturated rings. The van der Waals surface area contributed by atoms with Crippen LogP contribution in [0.15, 0.2) is 6.07 Å². The number of aromatic nitrogens is 2. The van der Waals surface area contributed by atoms with Gasteiger partial charge in [0, 0.05) is 30.0 Å². The smallest absolute Gasteiger partial charge is 0.226 e. The van der Waals surface area contributed by atoms with Crippen LogP contribution in [0.4, 0.5) is 5.95 Å². The highest BCUT2D eigenvalue weighted by Crippen LogP contribution is 2.26. The minimum atomic E-state index is 0.389. The largest absolute Gasteiger partial charge is 0.334 e. The van der Waals surface area contributed by atoms with E-state index in [1.165, 1.54) is 12.8 Å². The van der Waals surface area contributed by atoms with Crippen molar-refractivity contribution in [3.05, 3.63) is 17.5 Å². The average Bonchev–Trinajstić information content (AvgIpc) is 2.27. The first kappa shape index (κ1) is 12.3. The topological polar surface area (TPSA) is 55.0 Å². The van der Waals surface area contributed by atoms with Gasteiger partial charge in [-0.1, -0.05) is 0 Å². The average molecular weight is 234 g/mol. The molecule has 2 unspecified atom stereocenters. The highest BCUT2D eigenvalue weighted by atomic mass is 15.3. The van der Waals surface area contributed by atoms with Gasteiger partial charge in [0.15, 0.2) is 0 Å². The van der Waals surface area contributed by atoms with Crippen molar-refractivity contribution in [3.63, 3.8) is 0 Å². The van der Waals surface area contributed by atoms with Crippen molar-refractivity contribution in [2.24, 2.45) is 5.73 Å². The molecule has 17 heavy (non-hydrogen) atoms. The van der Waals surface area contributed by atoms with E-state index in [9.17, 15) is 0 Å². The van der Waals surface area contributed by atoms with Crippen molar-refractivity contribution in [1.82, 2.24) is 9.97 Å². The van der Waals surface area contributed by atoms with Crippen molar-refractivity contribution >= 4 is 5.95 Å². The van der Waals surface area contributed by atoms with Crippen molar-refractivity contribution in [1.29, 1.82) is 0 Å². The number of aryl methyl sites for hydroxylation is 2. The Bertz CT molecular complexity index is 371.